The van der Waals surface area contributed by atoms with Crippen LogP contribution in [0.25, 0.3) is 16.3 Å². The molecular formula is C36H37N2NaO8S4. The molecule has 10 nitrogen and oxygen atoms in total. The summed E-state index contributed by atoms with van der Waals surface area (Å²) < 4.78 is 82.7. The molecule has 0 saturated heterocycles. The standard InChI is InChI=1S/C36H38N2O8S4.Na/c1-45-29-10-12-33-31(23-29)37(14-6-16-49(39,40)41)35(47-33)21-25-18-26(20-28(19-25)27-8-4-3-5-9-27)22-36-38(15-7-17-50(42,43)44)32-24-30(46-2)11-13-34(32)48-36;/h3-5,8-13,18,21-24,28H,6-7,14-17,19-20H2,1-2H3,(H-,39,40,41,42,43,44);/q;+1/p-1. The number of aromatic nitrogens is 1. The van der Waals surface area contributed by atoms with Crippen molar-refractivity contribution in [3.63, 3.8) is 0 Å². The SMILES string of the molecule is COc1ccc2c(c1)N(CCCS(=O)(=O)[O-])C(=CC1=CC(=Cc3sc4ccc(OC)cc4[n+]3CCCS(=O)(=O)[O-])CC(c3ccccc3)C1)S2.[Na+]. The zero-order valence-corrected chi connectivity index (χ0v) is 33.9. The Labute approximate surface area is 329 Å². The Morgan fingerprint density at radius 1 is 0.882 bits per heavy atom. The maximum absolute atomic E-state index is 11.4. The van der Waals surface area contributed by atoms with E-state index in [-0.39, 0.29) is 48.3 Å². The first kappa shape index (κ1) is 39.5. The summed E-state index contributed by atoms with van der Waals surface area (Å²) in [6.45, 7) is 0.700. The Bertz CT molecular complexity index is 2200. The maximum Gasteiger partial charge on any atom is 1.00 e. The third-order valence-electron chi connectivity index (χ3n) is 8.65. The fourth-order valence-electron chi connectivity index (χ4n) is 6.37. The number of nitrogens with zero attached hydrogens (tertiary/aromatic N) is 2. The molecule has 4 aromatic rings. The van der Waals surface area contributed by atoms with Gasteiger partial charge in [0, 0.05) is 41.5 Å². The first-order valence-corrected chi connectivity index (χ1v) is 20.9. The van der Waals surface area contributed by atoms with Crippen molar-refractivity contribution in [1.29, 1.82) is 0 Å². The van der Waals surface area contributed by atoms with Gasteiger partial charge in [0.1, 0.15) is 16.2 Å². The minimum absolute atomic E-state index is 0. The normalized spacial score (nSPS) is 17.8. The van der Waals surface area contributed by atoms with Crippen molar-refractivity contribution in [1.82, 2.24) is 0 Å². The number of thioether (sulfide) groups is 1. The Morgan fingerprint density at radius 3 is 2.27 bits per heavy atom. The molecule has 6 rings (SSSR count). The van der Waals surface area contributed by atoms with Crippen LogP contribution in [0.2, 0.25) is 0 Å². The summed E-state index contributed by atoms with van der Waals surface area (Å²) in [5.74, 6) is 0.643. The summed E-state index contributed by atoms with van der Waals surface area (Å²) >= 11 is 3.18. The van der Waals surface area contributed by atoms with E-state index in [9.17, 15) is 25.9 Å². The second-order valence-electron chi connectivity index (χ2n) is 12.2. The van der Waals surface area contributed by atoms with Crippen LogP contribution in [-0.4, -0.2) is 58.2 Å². The number of allylic oxidation sites excluding steroid dienone is 4. The second kappa shape index (κ2) is 17.0. The van der Waals surface area contributed by atoms with Crippen LogP contribution in [0.4, 0.5) is 5.69 Å². The molecule has 264 valence electrons. The molecule has 2 aliphatic rings. The van der Waals surface area contributed by atoms with Gasteiger partial charge in [-0.3, -0.25) is 0 Å². The molecule has 0 saturated carbocycles. The Kier molecular flexibility index (Phi) is 13.2. The van der Waals surface area contributed by atoms with Crippen LogP contribution < -0.4 is 48.5 Å². The van der Waals surface area contributed by atoms with E-state index >= 15 is 0 Å². The number of methoxy groups -OCH3 is 2. The minimum atomic E-state index is -4.36. The average Bonchev–Trinajstić information content (AvgIpc) is 3.59. The number of anilines is 1. The summed E-state index contributed by atoms with van der Waals surface area (Å²) in [5, 5.41) is 1.86. The van der Waals surface area contributed by atoms with Crippen LogP contribution in [0.5, 0.6) is 11.5 Å². The van der Waals surface area contributed by atoms with Crippen LogP contribution in [0, 0.1) is 0 Å². The van der Waals surface area contributed by atoms with Gasteiger partial charge in [0.15, 0.2) is 6.54 Å². The van der Waals surface area contributed by atoms with E-state index in [2.05, 4.69) is 39.8 Å². The van der Waals surface area contributed by atoms with Crippen molar-refractivity contribution in [3.05, 3.63) is 106 Å². The minimum Gasteiger partial charge on any atom is -0.748 e. The van der Waals surface area contributed by atoms with Gasteiger partial charge in [-0.05, 0) is 72.2 Å². The summed E-state index contributed by atoms with van der Waals surface area (Å²) in [7, 11) is -5.51. The molecule has 1 unspecified atom stereocenters. The van der Waals surface area contributed by atoms with E-state index < -0.39 is 31.7 Å². The number of rotatable bonds is 13. The Balaban J connectivity index is 0.00000504. The van der Waals surface area contributed by atoms with Crippen molar-refractivity contribution >= 4 is 65.3 Å². The number of fused-ring (bicyclic) bond motifs is 2. The molecule has 0 spiro atoms. The molecule has 0 N–H and O–H groups in total. The molecule has 0 bridgehead atoms. The number of ether oxygens (including phenoxy) is 2. The van der Waals surface area contributed by atoms with Crippen LogP contribution >= 0.6 is 23.1 Å². The predicted octanol–water partition coefficient (Wildman–Crippen LogP) is 3.42. The fraction of sp³-hybridized carbons (Fsp3) is 0.306. The molecule has 0 radical (unpaired) electrons. The van der Waals surface area contributed by atoms with Crippen LogP contribution in [0.3, 0.4) is 0 Å². The van der Waals surface area contributed by atoms with Crippen LogP contribution in [0.1, 0.15) is 42.2 Å². The van der Waals surface area contributed by atoms with Gasteiger partial charge < -0.3 is 23.5 Å². The van der Waals surface area contributed by atoms with E-state index in [1.165, 1.54) is 5.56 Å². The van der Waals surface area contributed by atoms with Crippen molar-refractivity contribution in [3.8, 4) is 11.5 Å². The molecule has 3 aromatic carbocycles. The first-order chi connectivity index (χ1) is 23.9. The number of benzene rings is 3. The zero-order chi connectivity index (χ0) is 35.5. The molecule has 1 aromatic heterocycles. The number of thiazole rings is 1. The zero-order valence-electron chi connectivity index (χ0n) is 28.6. The third kappa shape index (κ3) is 10.3. The van der Waals surface area contributed by atoms with Crippen molar-refractivity contribution < 1.29 is 69.5 Å². The topological polar surface area (TPSA) is 140 Å². The van der Waals surface area contributed by atoms with E-state index in [0.29, 0.717) is 24.6 Å². The van der Waals surface area contributed by atoms with Gasteiger partial charge in [-0.1, -0.05) is 59.5 Å². The summed E-state index contributed by atoms with van der Waals surface area (Å²) in [6, 6.07) is 21.9. The monoisotopic (exact) mass is 776 g/mol. The second-order valence-corrected chi connectivity index (χ2v) is 17.4. The van der Waals surface area contributed by atoms with Gasteiger partial charge in [0.2, 0.25) is 5.52 Å². The predicted molar refractivity (Wildman–Crippen MR) is 196 cm³/mol. The van der Waals surface area contributed by atoms with Crippen LogP contribution in [-0.2, 0) is 26.8 Å². The van der Waals surface area contributed by atoms with E-state index in [0.717, 1.165) is 54.8 Å². The van der Waals surface area contributed by atoms with Gasteiger partial charge in [0.25, 0.3) is 5.01 Å². The average molecular weight is 777 g/mol. The van der Waals surface area contributed by atoms with E-state index in [1.54, 1.807) is 37.3 Å². The number of aryl methyl sites for hydroxylation is 1. The van der Waals surface area contributed by atoms with Gasteiger partial charge >= 0.3 is 29.6 Å². The van der Waals surface area contributed by atoms with Crippen molar-refractivity contribution in [2.45, 2.75) is 43.0 Å². The summed E-state index contributed by atoms with van der Waals surface area (Å²) in [5.41, 5.74) is 5.19. The molecule has 0 fully saturated rings. The largest absolute Gasteiger partial charge is 1.00 e. The fourth-order valence-corrected chi connectivity index (χ4v) is 9.62. The summed E-state index contributed by atoms with van der Waals surface area (Å²) in [4.78, 5) is 3.07. The van der Waals surface area contributed by atoms with Crippen LogP contribution in [0.15, 0.2) is 100.0 Å². The number of hydrogen-bond acceptors (Lipinski definition) is 11. The molecule has 1 aliphatic heterocycles. The van der Waals surface area contributed by atoms with Gasteiger partial charge in [-0.2, -0.15) is 4.57 Å². The Hall–Kier alpha value is -2.66. The van der Waals surface area contributed by atoms with Gasteiger partial charge in [0.05, 0.1) is 51.2 Å². The molecule has 1 atom stereocenters. The molecule has 2 heterocycles. The smallest absolute Gasteiger partial charge is 0.748 e. The van der Waals surface area contributed by atoms with Gasteiger partial charge in [-0.25, -0.2) is 16.8 Å². The number of hydrogen-bond donors (Lipinski definition) is 0. The molecule has 15 heteroatoms. The van der Waals surface area contributed by atoms with E-state index in [1.807, 2.05) is 54.6 Å². The van der Waals surface area contributed by atoms with E-state index in [4.69, 9.17) is 9.47 Å². The first-order valence-electron chi connectivity index (χ1n) is 16.1. The quantitative estimate of drug-likeness (QED) is 0.113. The third-order valence-corrected chi connectivity index (χ3v) is 12.5. The molecule has 51 heavy (non-hydrogen) atoms. The molecule has 0 amide bonds. The molecule has 1 aliphatic carbocycles. The maximum atomic E-state index is 11.4. The summed E-state index contributed by atoms with van der Waals surface area (Å²) in [6.07, 6.45) is 8.40. The van der Waals surface area contributed by atoms with Crippen molar-refractivity contribution in [2.24, 2.45) is 0 Å². The molecular weight excluding hydrogens is 740 g/mol. The van der Waals surface area contributed by atoms with Crippen molar-refractivity contribution in [2.75, 3.05) is 37.2 Å². The van der Waals surface area contributed by atoms with Gasteiger partial charge in [-0.15, -0.1) is 0 Å². The Morgan fingerprint density at radius 2 is 1.57 bits per heavy atom.